The van der Waals surface area contributed by atoms with Crippen molar-refractivity contribution in [2.75, 3.05) is 25.0 Å². The zero-order chi connectivity index (χ0) is 24.7. The molecule has 1 fully saturated rings. The molecular formula is C26H21FN2O6. The Morgan fingerprint density at radius 1 is 1.00 bits per heavy atom. The average molecular weight is 476 g/mol. The molecule has 3 N–H and O–H groups in total. The van der Waals surface area contributed by atoms with Crippen LogP contribution in [0.15, 0.2) is 66.7 Å². The van der Waals surface area contributed by atoms with Gasteiger partial charge in [-0.1, -0.05) is 48.5 Å². The van der Waals surface area contributed by atoms with Gasteiger partial charge in [-0.15, -0.1) is 0 Å². The summed E-state index contributed by atoms with van der Waals surface area (Å²) in [6.45, 7) is -0.748. The van der Waals surface area contributed by atoms with Crippen molar-refractivity contribution in [2.24, 2.45) is 0 Å². The van der Waals surface area contributed by atoms with Crippen LogP contribution in [-0.4, -0.2) is 58.4 Å². The number of nitrogens with one attached hydrogen (secondary N) is 1. The first-order chi connectivity index (χ1) is 16.7. The predicted octanol–water partition coefficient (Wildman–Crippen LogP) is 3.46. The van der Waals surface area contributed by atoms with E-state index in [9.17, 15) is 23.9 Å². The number of benzene rings is 3. The number of fused-ring (bicyclic) bond motifs is 3. The molecule has 2 aliphatic rings. The lowest BCUT2D eigenvalue weighted by Gasteiger charge is -2.43. The fourth-order valence-electron chi connectivity index (χ4n) is 4.58. The van der Waals surface area contributed by atoms with Gasteiger partial charge in [0.15, 0.2) is 5.60 Å². The molecule has 0 radical (unpaired) electrons. The molecule has 8 nitrogen and oxygen atoms in total. The third-order valence-corrected chi connectivity index (χ3v) is 6.32. The summed E-state index contributed by atoms with van der Waals surface area (Å²) in [6.07, 6.45) is -0.805. The van der Waals surface area contributed by atoms with E-state index in [1.807, 2.05) is 48.5 Å². The Morgan fingerprint density at radius 3 is 2.20 bits per heavy atom. The SMILES string of the molecule is O=C(Nc1cc(F)cc(C(=O)N2CC(O)(C(=O)O)C2)c1)OCC1c2ccccc2-c2ccccc21. The maximum absolute atomic E-state index is 14.2. The van der Waals surface area contributed by atoms with Crippen molar-refractivity contribution in [3.05, 3.63) is 89.2 Å². The third-order valence-electron chi connectivity index (χ3n) is 6.32. The number of carbonyl (C=O) groups is 3. The molecule has 178 valence electrons. The molecule has 2 amide bonds. The number of rotatable bonds is 5. The fourth-order valence-corrected chi connectivity index (χ4v) is 4.58. The molecule has 0 atom stereocenters. The van der Waals surface area contributed by atoms with Crippen LogP contribution in [0.5, 0.6) is 0 Å². The second kappa shape index (κ2) is 8.52. The van der Waals surface area contributed by atoms with Gasteiger partial charge in [-0.3, -0.25) is 10.1 Å². The maximum Gasteiger partial charge on any atom is 0.411 e. The number of anilines is 1. The molecule has 0 bridgehead atoms. The first-order valence-electron chi connectivity index (χ1n) is 10.9. The lowest BCUT2D eigenvalue weighted by molar-refractivity contribution is -0.173. The number of carbonyl (C=O) groups excluding carboxylic acids is 2. The molecule has 35 heavy (non-hydrogen) atoms. The normalized spacial score (nSPS) is 15.5. The van der Waals surface area contributed by atoms with Crippen LogP contribution in [0.1, 0.15) is 27.4 Å². The average Bonchev–Trinajstić information content (AvgIpc) is 3.13. The van der Waals surface area contributed by atoms with Crippen molar-refractivity contribution >= 4 is 23.7 Å². The molecular weight excluding hydrogens is 455 g/mol. The van der Waals surface area contributed by atoms with Crippen molar-refractivity contribution in [2.45, 2.75) is 11.5 Å². The van der Waals surface area contributed by atoms with Crippen LogP contribution in [0.3, 0.4) is 0 Å². The van der Waals surface area contributed by atoms with Gasteiger partial charge >= 0.3 is 12.1 Å². The van der Waals surface area contributed by atoms with Crippen molar-refractivity contribution in [3.63, 3.8) is 0 Å². The quantitative estimate of drug-likeness (QED) is 0.520. The second-order valence-electron chi connectivity index (χ2n) is 8.68. The van der Waals surface area contributed by atoms with Gasteiger partial charge in [0.2, 0.25) is 0 Å². The lowest BCUT2D eigenvalue weighted by atomic mass is 9.93. The smallest absolute Gasteiger partial charge is 0.411 e. The molecule has 1 aliphatic heterocycles. The predicted molar refractivity (Wildman–Crippen MR) is 124 cm³/mol. The molecule has 1 aliphatic carbocycles. The van der Waals surface area contributed by atoms with Crippen LogP contribution in [0.25, 0.3) is 11.1 Å². The highest BCUT2D eigenvalue weighted by Crippen LogP contribution is 2.44. The van der Waals surface area contributed by atoms with Gasteiger partial charge in [-0.25, -0.2) is 14.0 Å². The zero-order valence-electron chi connectivity index (χ0n) is 18.4. The number of ether oxygens (including phenoxy) is 1. The molecule has 1 saturated heterocycles. The van der Waals surface area contributed by atoms with Gasteiger partial charge in [0.1, 0.15) is 12.4 Å². The van der Waals surface area contributed by atoms with Gasteiger partial charge in [-0.05, 0) is 40.5 Å². The topological polar surface area (TPSA) is 116 Å². The Morgan fingerprint density at radius 2 is 1.60 bits per heavy atom. The van der Waals surface area contributed by atoms with E-state index in [2.05, 4.69) is 5.32 Å². The summed E-state index contributed by atoms with van der Waals surface area (Å²) in [5, 5.41) is 21.2. The molecule has 3 aromatic carbocycles. The Balaban J connectivity index is 1.25. The van der Waals surface area contributed by atoms with Crippen LogP contribution in [0.4, 0.5) is 14.9 Å². The van der Waals surface area contributed by atoms with Gasteiger partial charge in [0.25, 0.3) is 5.91 Å². The number of carboxylic acid groups (broad SMARTS) is 1. The zero-order valence-corrected chi connectivity index (χ0v) is 18.4. The monoisotopic (exact) mass is 476 g/mol. The van der Waals surface area contributed by atoms with Crippen LogP contribution in [0.2, 0.25) is 0 Å². The number of aliphatic hydroxyl groups is 1. The molecule has 9 heteroatoms. The Kier molecular flexibility index (Phi) is 5.49. The highest BCUT2D eigenvalue weighted by Gasteiger charge is 2.50. The number of carboxylic acids is 1. The fraction of sp³-hybridized carbons (Fsp3) is 0.192. The number of β-amino-alcohol motifs (C(OH)–C–C–N with tert-alkyl or cyclic N) is 1. The first-order valence-corrected chi connectivity index (χ1v) is 10.9. The van der Waals surface area contributed by atoms with E-state index in [0.717, 1.165) is 39.3 Å². The number of aliphatic carboxylic acids is 1. The van der Waals surface area contributed by atoms with Gasteiger partial charge in [0, 0.05) is 17.2 Å². The first kappa shape index (κ1) is 22.5. The summed E-state index contributed by atoms with van der Waals surface area (Å²) < 4.78 is 19.6. The minimum absolute atomic E-state index is 0.0135. The summed E-state index contributed by atoms with van der Waals surface area (Å²) in [5.41, 5.74) is 2.20. The van der Waals surface area contributed by atoms with Crippen LogP contribution in [0, 0.1) is 5.82 Å². The Bertz CT molecular complexity index is 1310. The van der Waals surface area contributed by atoms with Gasteiger partial charge in [0.05, 0.1) is 13.1 Å². The van der Waals surface area contributed by atoms with Gasteiger partial charge < -0.3 is 19.8 Å². The minimum atomic E-state index is -2.01. The van der Waals surface area contributed by atoms with E-state index < -0.39 is 42.5 Å². The minimum Gasteiger partial charge on any atom is -0.479 e. The van der Waals surface area contributed by atoms with Crippen molar-refractivity contribution in [1.29, 1.82) is 0 Å². The summed E-state index contributed by atoms with van der Waals surface area (Å²) in [4.78, 5) is 37.2. The van der Waals surface area contributed by atoms with Crippen LogP contribution >= 0.6 is 0 Å². The molecule has 0 spiro atoms. The maximum atomic E-state index is 14.2. The number of halogens is 1. The van der Waals surface area contributed by atoms with Gasteiger partial charge in [-0.2, -0.15) is 0 Å². The number of likely N-dealkylation sites (tertiary alicyclic amines) is 1. The summed E-state index contributed by atoms with van der Waals surface area (Å²) in [7, 11) is 0. The van der Waals surface area contributed by atoms with E-state index in [-0.39, 0.29) is 23.8 Å². The van der Waals surface area contributed by atoms with E-state index in [1.165, 1.54) is 6.07 Å². The van der Waals surface area contributed by atoms with Crippen LogP contribution < -0.4 is 5.32 Å². The van der Waals surface area contributed by atoms with E-state index in [0.29, 0.717) is 0 Å². The van der Waals surface area contributed by atoms with Crippen molar-refractivity contribution < 1.29 is 33.7 Å². The second-order valence-corrected chi connectivity index (χ2v) is 8.68. The largest absolute Gasteiger partial charge is 0.479 e. The summed E-state index contributed by atoms with van der Waals surface area (Å²) >= 11 is 0. The molecule has 1 heterocycles. The molecule has 0 unspecified atom stereocenters. The van der Waals surface area contributed by atoms with Crippen molar-refractivity contribution in [1.82, 2.24) is 4.90 Å². The molecule has 5 rings (SSSR count). The highest BCUT2D eigenvalue weighted by atomic mass is 19.1. The van der Waals surface area contributed by atoms with E-state index in [1.54, 1.807) is 0 Å². The van der Waals surface area contributed by atoms with E-state index >= 15 is 0 Å². The number of nitrogens with zero attached hydrogens (tertiary/aromatic N) is 1. The molecule has 0 saturated carbocycles. The Hall–Kier alpha value is -4.24. The van der Waals surface area contributed by atoms with Crippen LogP contribution in [-0.2, 0) is 9.53 Å². The lowest BCUT2D eigenvalue weighted by Crippen LogP contribution is -2.67. The van der Waals surface area contributed by atoms with E-state index in [4.69, 9.17) is 9.84 Å². The number of hydrogen-bond acceptors (Lipinski definition) is 5. The molecule has 0 aromatic heterocycles. The highest BCUT2D eigenvalue weighted by molar-refractivity contribution is 5.98. The standard InChI is InChI=1S/C26H21FN2O6/c27-16-9-15(23(30)29-13-26(34,14-29)24(31)32)10-17(11-16)28-25(33)35-12-22-20-7-3-1-5-18(20)19-6-2-4-8-21(19)22/h1-11,22,34H,12-14H2,(H,28,33)(H,31,32). The molecule has 3 aromatic rings. The Labute approximate surface area is 199 Å². The number of amides is 2. The van der Waals surface area contributed by atoms with Crippen molar-refractivity contribution in [3.8, 4) is 11.1 Å². The number of hydrogen-bond donors (Lipinski definition) is 3. The summed E-state index contributed by atoms with van der Waals surface area (Å²) in [6, 6.07) is 19.1. The third kappa shape index (κ3) is 4.10. The summed E-state index contributed by atoms with van der Waals surface area (Å²) in [5.74, 6) is -3.00.